The van der Waals surface area contributed by atoms with Gasteiger partial charge in [-0.25, -0.2) is 4.98 Å². The lowest BCUT2D eigenvalue weighted by Gasteiger charge is -2.18. The first-order chi connectivity index (χ1) is 7.83. The van der Waals surface area contributed by atoms with Gasteiger partial charge in [-0.15, -0.1) is 0 Å². The lowest BCUT2D eigenvalue weighted by molar-refractivity contribution is -0.136. The fourth-order valence-corrected chi connectivity index (χ4v) is 1.52. The SMILES string of the molecule is Cc1cnc(N)c(C(CCC(F)(F)F)NN)c1. The second kappa shape index (κ2) is 5.33. The molecule has 1 atom stereocenters. The molecule has 0 saturated heterocycles. The topological polar surface area (TPSA) is 77.0 Å². The van der Waals surface area contributed by atoms with Crippen LogP contribution in [0.5, 0.6) is 0 Å². The van der Waals surface area contributed by atoms with Gasteiger partial charge in [0.05, 0.1) is 0 Å². The molecule has 96 valence electrons. The Morgan fingerprint density at radius 1 is 1.47 bits per heavy atom. The number of nitrogens with two attached hydrogens (primary N) is 2. The predicted molar refractivity (Wildman–Crippen MR) is 58.7 cm³/mol. The molecule has 17 heavy (non-hydrogen) atoms. The van der Waals surface area contributed by atoms with E-state index in [-0.39, 0.29) is 12.2 Å². The predicted octanol–water partition coefficient (Wildman–Crippen LogP) is 1.82. The maximum absolute atomic E-state index is 12.1. The van der Waals surface area contributed by atoms with Crippen molar-refractivity contribution < 1.29 is 13.2 Å². The number of hydrazine groups is 1. The zero-order valence-electron chi connectivity index (χ0n) is 9.38. The van der Waals surface area contributed by atoms with Gasteiger partial charge >= 0.3 is 6.18 Å². The van der Waals surface area contributed by atoms with E-state index in [9.17, 15) is 13.2 Å². The molecule has 0 aromatic carbocycles. The van der Waals surface area contributed by atoms with E-state index in [1.54, 1.807) is 19.2 Å². The summed E-state index contributed by atoms with van der Waals surface area (Å²) in [5, 5.41) is 0. The van der Waals surface area contributed by atoms with Crippen LogP contribution in [0.1, 0.15) is 30.0 Å². The standard InChI is InChI=1S/C10H15F3N4/c1-6-4-7(9(14)16-5-6)8(17-15)2-3-10(11,12)13/h4-5,8,17H,2-3,15H2,1H3,(H2,14,16). The molecule has 0 aliphatic carbocycles. The fraction of sp³-hybridized carbons (Fsp3) is 0.500. The van der Waals surface area contributed by atoms with E-state index >= 15 is 0 Å². The van der Waals surface area contributed by atoms with Gasteiger partial charge in [-0.05, 0) is 25.0 Å². The lowest BCUT2D eigenvalue weighted by Crippen LogP contribution is -2.30. The second-order valence-corrected chi connectivity index (χ2v) is 3.86. The van der Waals surface area contributed by atoms with Gasteiger partial charge in [0, 0.05) is 24.2 Å². The third-order valence-electron chi connectivity index (χ3n) is 2.38. The minimum Gasteiger partial charge on any atom is -0.383 e. The van der Waals surface area contributed by atoms with E-state index in [0.29, 0.717) is 5.56 Å². The van der Waals surface area contributed by atoms with Crippen molar-refractivity contribution in [1.29, 1.82) is 0 Å². The van der Waals surface area contributed by atoms with E-state index in [1.807, 2.05) is 0 Å². The molecule has 1 heterocycles. The van der Waals surface area contributed by atoms with Gasteiger partial charge < -0.3 is 5.73 Å². The Hall–Kier alpha value is -1.34. The fourth-order valence-electron chi connectivity index (χ4n) is 1.52. The first-order valence-electron chi connectivity index (χ1n) is 5.08. The highest BCUT2D eigenvalue weighted by Gasteiger charge is 2.29. The maximum Gasteiger partial charge on any atom is 0.389 e. The van der Waals surface area contributed by atoms with E-state index in [1.165, 1.54) is 0 Å². The number of rotatable bonds is 4. The van der Waals surface area contributed by atoms with Gasteiger partial charge in [0.1, 0.15) is 5.82 Å². The van der Waals surface area contributed by atoms with Crippen LogP contribution in [0, 0.1) is 6.92 Å². The quantitative estimate of drug-likeness (QED) is 0.561. The molecule has 7 heteroatoms. The number of hydrogen-bond donors (Lipinski definition) is 3. The largest absolute Gasteiger partial charge is 0.389 e. The van der Waals surface area contributed by atoms with Crippen LogP contribution in [0.25, 0.3) is 0 Å². The molecule has 0 saturated carbocycles. The molecule has 1 rings (SSSR count). The Labute approximate surface area is 97.2 Å². The monoisotopic (exact) mass is 248 g/mol. The molecule has 0 aliphatic heterocycles. The summed E-state index contributed by atoms with van der Waals surface area (Å²) in [7, 11) is 0. The summed E-state index contributed by atoms with van der Waals surface area (Å²) in [5.41, 5.74) is 9.27. The highest BCUT2D eigenvalue weighted by Crippen LogP contribution is 2.29. The van der Waals surface area contributed by atoms with Crippen LogP contribution < -0.4 is 17.0 Å². The Balaban J connectivity index is 2.82. The Bertz CT molecular complexity index is 378. The molecule has 4 nitrogen and oxygen atoms in total. The van der Waals surface area contributed by atoms with Crippen molar-refractivity contribution in [1.82, 2.24) is 10.4 Å². The zero-order chi connectivity index (χ0) is 13.1. The molecular weight excluding hydrogens is 233 g/mol. The molecule has 0 fully saturated rings. The Morgan fingerprint density at radius 3 is 2.65 bits per heavy atom. The number of nitrogens with one attached hydrogen (secondary N) is 1. The van der Waals surface area contributed by atoms with Crippen LogP contribution in [0.2, 0.25) is 0 Å². The highest BCUT2D eigenvalue weighted by atomic mass is 19.4. The average Bonchev–Trinajstić information content (AvgIpc) is 2.22. The maximum atomic E-state index is 12.1. The number of nitrogen functional groups attached to an aromatic ring is 1. The van der Waals surface area contributed by atoms with Crippen molar-refractivity contribution in [3.8, 4) is 0 Å². The third-order valence-corrected chi connectivity index (χ3v) is 2.38. The molecule has 0 amide bonds. The van der Waals surface area contributed by atoms with Crippen LogP contribution in [-0.4, -0.2) is 11.2 Å². The summed E-state index contributed by atoms with van der Waals surface area (Å²) in [6.07, 6.45) is -3.75. The van der Waals surface area contributed by atoms with Gasteiger partial charge in [0.15, 0.2) is 0 Å². The molecule has 0 bridgehead atoms. The van der Waals surface area contributed by atoms with Crippen LogP contribution in [0.15, 0.2) is 12.3 Å². The highest BCUT2D eigenvalue weighted by molar-refractivity contribution is 5.42. The Kier molecular flexibility index (Phi) is 4.30. The number of hydrogen-bond acceptors (Lipinski definition) is 4. The summed E-state index contributed by atoms with van der Waals surface area (Å²) >= 11 is 0. The van der Waals surface area contributed by atoms with Crippen LogP contribution in [0.3, 0.4) is 0 Å². The van der Waals surface area contributed by atoms with Crippen molar-refractivity contribution in [3.63, 3.8) is 0 Å². The zero-order valence-corrected chi connectivity index (χ0v) is 9.38. The van der Waals surface area contributed by atoms with Gasteiger partial charge in [0.2, 0.25) is 0 Å². The number of pyridine rings is 1. The van der Waals surface area contributed by atoms with Crippen LogP contribution in [0.4, 0.5) is 19.0 Å². The molecule has 1 aromatic heterocycles. The number of nitrogens with zero attached hydrogens (tertiary/aromatic N) is 1. The van der Waals surface area contributed by atoms with E-state index in [2.05, 4.69) is 10.4 Å². The van der Waals surface area contributed by atoms with Crippen molar-refractivity contribution in [3.05, 3.63) is 23.4 Å². The number of anilines is 1. The molecule has 1 aromatic rings. The van der Waals surface area contributed by atoms with Crippen molar-refractivity contribution in [2.45, 2.75) is 32.0 Å². The Morgan fingerprint density at radius 2 is 2.12 bits per heavy atom. The van der Waals surface area contributed by atoms with Crippen LogP contribution >= 0.6 is 0 Å². The normalized spacial score (nSPS) is 13.7. The van der Waals surface area contributed by atoms with Gasteiger partial charge in [0.25, 0.3) is 0 Å². The molecule has 0 radical (unpaired) electrons. The van der Waals surface area contributed by atoms with E-state index in [0.717, 1.165) is 5.56 Å². The smallest absolute Gasteiger partial charge is 0.383 e. The summed E-state index contributed by atoms with van der Waals surface area (Å²) in [6.45, 7) is 1.78. The molecule has 1 unspecified atom stereocenters. The van der Waals surface area contributed by atoms with Crippen LogP contribution in [-0.2, 0) is 0 Å². The van der Waals surface area contributed by atoms with Gasteiger partial charge in [-0.3, -0.25) is 11.3 Å². The summed E-state index contributed by atoms with van der Waals surface area (Å²) < 4.78 is 36.4. The minimum absolute atomic E-state index is 0.171. The van der Waals surface area contributed by atoms with E-state index in [4.69, 9.17) is 11.6 Å². The van der Waals surface area contributed by atoms with Crippen molar-refractivity contribution in [2.24, 2.45) is 5.84 Å². The lowest BCUT2D eigenvalue weighted by atomic mass is 10.0. The molecule has 0 spiro atoms. The van der Waals surface area contributed by atoms with Crippen molar-refractivity contribution in [2.75, 3.05) is 5.73 Å². The number of aromatic nitrogens is 1. The second-order valence-electron chi connectivity index (χ2n) is 3.86. The molecular formula is C10H15F3N4. The molecule has 0 aliphatic rings. The number of aryl methyl sites for hydroxylation is 1. The number of alkyl halides is 3. The first kappa shape index (κ1) is 13.7. The van der Waals surface area contributed by atoms with Crippen molar-refractivity contribution >= 4 is 5.82 Å². The number of halogens is 3. The summed E-state index contributed by atoms with van der Waals surface area (Å²) in [6, 6.07) is 1.03. The first-order valence-corrected chi connectivity index (χ1v) is 5.08. The summed E-state index contributed by atoms with van der Waals surface area (Å²) in [5.74, 6) is 5.45. The van der Waals surface area contributed by atoms with Gasteiger partial charge in [-0.2, -0.15) is 13.2 Å². The molecule has 5 N–H and O–H groups in total. The average molecular weight is 248 g/mol. The summed E-state index contributed by atoms with van der Waals surface area (Å²) in [4.78, 5) is 3.89. The van der Waals surface area contributed by atoms with E-state index < -0.39 is 18.6 Å². The third kappa shape index (κ3) is 4.20. The van der Waals surface area contributed by atoms with Gasteiger partial charge in [-0.1, -0.05) is 0 Å². The minimum atomic E-state index is -4.21.